The number of halogens is 2. The topological polar surface area (TPSA) is 96.0 Å². The van der Waals surface area contributed by atoms with Gasteiger partial charge in [0.05, 0.1) is 17.7 Å². The summed E-state index contributed by atoms with van der Waals surface area (Å²) < 4.78 is 34.6. The van der Waals surface area contributed by atoms with E-state index in [9.17, 15) is 18.0 Å². The lowest BCUT2D eigenvalue weighted by atomic mass is 10.1. The Morgan fingerprint density at radius 3 is 2.34 bits per heavy atom. The highest BCUT2D eigenvalue weighted by atomic mass is 79.9. The molecule has 1 N–H and O–H groups in total. The summed E-state index contributed by atoms with van der Waals surface area (Å²) in [5.41, 5.74) is 0.992. The smallest absolute Gasteiger partial charge is 0.264 e. The van der Waals surface area contributed by atoms with Crippen molar-refractivity contribution in [3.8, 4) is 5.75 Å². The molecular weight excluding hydrogens is 594 g/mol. The number of amides is 2. The van der Waals surface area contributed by atoms with Gasteiger partial charge >= 0.3 is 0 Å². The van der Waals surface area contributed by atoms with Gasteiger partial charge in [0.25, 0.3) is 10.0 Å². The SMILES string of the molecule is CCNC(=O)[C@H](C)N(Cc1cccc(Br)c1)C(=O)CN(c1cccc(Cl)c1)S(=O)(=O)c1ccc(OC)cc1. The lowest BCUT2D eigenvalue weighted by Crippen LogP contribution is -2.51. The molecule has 0 aromatic heterocycles. The van der Waals surface area contributed by atoms with Crippen LogP contribution in [0.15, 0.2) is 82.2 Å². The van der Waals surface area contributed by atoms with Crippen LogP contribution in [0.5, 0.6) is 5.75 Å². The van der Waals surface area contributed by atoms with Crippen molar-refractivity contribution < 1.29 is 22.7 Å². The summed E-state index contributed by atoms with van der Waals surface area (Å²) in [6.07, 6.45) is 0. The second-order valence-electron chi connectivity index (χ2n) is 8.39. The van der Waals surface area contributed by atoms with Gasteiger partial charge in [-0.3, -0.25) is 13.9 Å². The summed E-state index contributed by atoms with van der Waals surface area (Å²) in [5, 5.41) is 3.05. The second-order valence-corrected chi connectivity index (χ2v) is 11.6. The first-order chi connectivity index (χ1) is 18.1. The molecule has 3 aromatic rings. The van der Waals surface area contributed by atoms with Crippen LogP contribution in [0.1, 0.15) is 19.4 Å². The zero-order chi connectivity index (χ0) is 27.9. The molecule has 0 bridgehead atoms. The van der Waals surface area contributed by atoms with Gasteiger partial charge in [-0.25, -0.2) is 8.42 Å². The number of likely N-dealkylation sites (N-methyl/N-ethyl adjacent to an activating group) is 1. The van der Waals surface area contributed by atoms with Crippen LogP contribution in [0.25, 0.3) is 0 Å². The fraction of sp³-hybridized carbons (Fsp3) is 0.259. The molecule has 3 rings (SSSR count). The molecule has 3 aromatic carbocycles. The Hall–Kier alpha value is -3.08. The van der Waals surface area contributed by atoms with Crippen LogP contribution >= 0.6 is 27.5 Å². The average molecular weight is 623 g/mol. The highest BCUT2D eigenvalue weighted by molar-refractivity contribution is 9.10. The van der Waals surface area contributed by atoms with Crippen LogP contribution in [0.4, 0.5) is 5.69 Å². The quantitative estimate of drug-likeness (QED) is 0.330. The molecule has 0 unspecified atom stereocenters. The number of carbonyl (C=O) groups excluding carboxylic acids is 2. The van der Waals surface area contributed by atoms with E-state index < -0.39 is 28.5 Å². The summed E-state index contributed by atoms with van der Waals surface area (Å²) in [7, 11) is -2.71. The predicted molar refractivity (Wildman–Crippen MR) is 152 cm³/mol. The van der Waals surface area contributed by atoms with Crippen molar-refractivity contribution in [2.75, 3.05) is 24.5 Å². The maximum atomic E-state index is 13.8. The van der Waals surface area contributed by atoms with E-state index in [0.29, 0.717) is 17.3 Å². The van der Waals surface area contributed by atoms with Crippen molar-refractivity contribution in [1.29, 1.82) is 0 Å². The molecule has 0 aliphatic heterocycles. The van der Waals surface area contributed by atoms with Crippen LogP contribution in [0, 0.1) is 0 Å². The number of methoxy groups -OCH3 is 1. The highest BCUT2D eigenvalue weighted by Gasteiger charge is 2.32. The number of benzene rings is 3. The molecule has 0 saturated heterocycles. The Balaban J connectivity index is 2.03. The fourth-order valence-corrected chi connectivity index (χ4v) is 5.81. The van der Waals surface area contributed by atoms with Crippen LogP contribution in [0.2, 0.25) is 5.02 Å². The minimum absolute atomic E-state index is 0.0265. The summed E-state index contributed by atoms with van der Waals surface area (Å²) in [6, 6.07) is 18.6. The number of hydrogen-bond donors (Lipinski definition) is 1. The zero-order valence-electron chi connectivity index (χ0n) is 21.2. The maximum Gasteiger partial charge on any atom is 0.264 e. The van der Waals surface area contributed by atoms with Gasteiger partial charge in [0.15, 0.2) is 0 Å². The fourth-order valence-electron chi connectivity index (χ4n) is 3.77. The lowest BCUT2D eigenvalue weighted by molar-refractivity contribution is -0.139. The van der Waals surface area contributed by atoms with Gasteiger partial charge in [-0.15, -0.1) is 0 Å². The van der Waals surface area contributed by atoms with Crippen LogP contribution in [0.3, 0.4) is 0 Å². The standard InChI is InChI=1S/C27H29BrClN3O5S/c1-4-30-27(34)19(2)31(17-20-7-5-8-21(28)15-20)26(33)18-32(23-10-6-9-22(29)16-23)38(35,36)25-13-11-24(37-3)12-14-25/h5-16,19H,4,17-18H2,1-3H3,(H,30,34)/t19-/m0/s1. The normalized spacial score (nSPS) is 11.9. The number of nitrogens with zero attached hydrogens (tertiary/aromatic N) is 2. The van der Waals surface area contributed by atoms with Gasteiger partial charge in [0, 0.05) is 22.6 Å². The van der Waals surface area contributed by atoms with Crippen LogP contribution < -0.4 is 14.4 Å². The molecule has 8 nitrogen and oxygen atoms in total. The third-order valence-electron chi connectivity index (χ3n) is 5.78. The van der Waals surface area contributed by atoms with E-state index in [1.165, 1.54) is 42.3 Å². The minimum Gasteiger partial charge on any atom is -0.497 e. The molecule has 0 saturated carbocycles. The van der Waals surface area contributed by atoms with Crippen LogP contribution in [-0.4, -0.2) is 51.4 Å². The third-order valence-corrected chi connectivity index (χ3v) is 8.30. The van der Waals surface area contributed by atoms with Gasteiger partial charge in [-0.2, -0.15) is 0 Å². The zero-order valence-corrected chi connectivity index (χ0v) is 24.4. The Morgan fingerprint density at radius 1 is 1.05 bits per heavy atom. The molecule has 1 atom stereocenters. The molecular formula is C27H29BrClN3O5S. The molecule has 2 amide bonds. The van der Waals surface area contributed by atoms with Crippen molar-refractivity contribution in [2.45, 2.75) is 31.3 Å². The number of hydrogen-bond acceptors (Lipinski definition) is 5. The molecule has 202 valence electrons. The molecule has 11 heteroatoms. The van der Waals surface area contributed by atoms with Gasteiger partial charge in [0.2, 0.25) is 11.8 Å². The van der Waals surface area contributed by atoms with Gasteiger partial charge in [0.1, 0.15) is 18.3 Å². The van der Waals surface area contributed by atoms with E-state index in [1.807, 2.05) is 24.3 Å². The van der Waals surface area contributed by atoms with Crippen molar-refractivity contribution in [2.24, 2.45) is 0 Å². The minimum atomic E-state index is -4.20. The molecule has 0 spiro atoms. The van der Waals surface area contributed by atoms with Gasteiger partial charge in [-0.1, -0.05) is 45.7 Å². The highest BCUT2D eigenvalue weighted by Crippen LogP contribution is 2.28. The summed E-state index contributed by atoms with van der Waals surface area (Å²) in [6.45, 7) is 3.34. The number of anilines is 1. The molecule has 0 aliphatic carbocycles. The predicted octanol–water partition coefficient (Wildman–Crippen LogP) is 4.86. The first-order valence-corrected chi connectivity index (χ1v) is 14.4. The van der Waals surface area contributed by atoms with E-state index >= 15 is 0 Å². The van der Waals surface area contributed by atoms with Crippen molar-refractivity contribution in [3.05, 3.63) is 87.9 Å². The molecule has 38 heavy (non-hydrogen) atoms. The summed E-state index contributed by atoms with van der Waals surface area (Å²) in [4.78, 5) is 27.9. The van der Waals surface area contributed by atoms with E-state index in [2.05, 4.69) is 21.2 Å². The molecule has 0 aliphatic rings. The summed E-state index contributed by atoms with van der Waals surface area (Å²) >= 11 is 9.61. The maximum absolute atomic E-state index is 13.8. The summed E-state index contributed by atoms with van der Waals surface area (Å²) in [5.74, 6) is -0.408. The number of carbonyl (C=O) groups is 2. The first kappa shape index (κ1) is 29.5. The number of nitrogens with one attached hydrogen (secondary N) is 1. The first-order valence-electron chi connectivity index (χ1n) is 11.8. The van der Waals surface area contributed by atoms with E-state index in [1.54, 1.807) is 32.0 Å². The van der Waals surface area contributed by atoms with Crippen molar-refractivity contribution in [1.82, 2.24) is 10.2 Å². The molecule has 0 fully saturated rings. The Kier molecular flexibility index (Phi) is 10.2. The Morgan fingerprint density at radius 2 is 1.74 bits per heavy atom. The van der Waals surface area contributed by atoms with Gasteiger partial charge < -0.3 is 15.0 Å². The van der Waals surface area contributed by atoms with E-state index in [-0.39, 0.29) is 23.0 Å². The monoisotopic (exact) mass is 621 g/mol. The third kappa shape index (κ3) is 7.27. The largest absolute Gasteiger partial charge is 0.497 e. The Labute approximate surface area is 236 Å². The van der Waals surface area contributed by atoms with E-state index in [0.717, 1.165) is 14.3 Å². The van der Waals surface area contributed by atoms with E-state index in [4.69, 9.17) is 16.3 Å². The lowest BCUT2D eigenvalue weighted by Gasteiger charge is -2.32. The Bertz CT molecular complexity index is 1390. The van der Waals surface area contributed by atoms with Crippen molar-refractivity contribution >= 4 is 55.1 Å². The van der Waals surface area contributed by atoms with Crippen LogP contribution in [-0.2, 0) is 26.2 Å². The average Bonchev–Trinajstić information content (AvgIpc) is 2.90. The van der Waals surface area contributed by atoms with Crippen molar-refractivity contribution in [3.63, 3.8) is 0 Å². The number of ether oxygens (including phenoxy) is 1. The van der Waals surface area contributed by atoms with Gasteiger partial charge in [-0.05, 0) is 74.0 Å². The number of sulfonamides is 1. The second kappa shape index (κ2) is 13.1. The molecule has 0 radical (unpaired) electrons. The number of rotatable bonds is 11. The molecule has 0 heterocycles.